The Kier molecular flexibility index (Phi) is 5.11. The number of hydrogen-bond donors (Lipinski definition) is 3. The fraction of sp³-hybridized carbons (Fsp3) is 0.333. The van der Waals surface area contributed by atoms with Gasteiger partial charge in [0.2, 0.25) is 5.91 Å². The van der Waals surface area contributed by atoms with Crippen molar-refractivity contribution in [2.45, 2.75) is 6.42 Å². The van der Waals surface area contributed by atoms with Crippen LogP contribution in [-0.2, 0) is 9.53 Å². The van der Waals surface area contributed by atoms with Gasteiger partial charge in [0.25, 0.3) is 0 Å². The molecular weight excluding hydrogens is 253 g/mol. The summed E-state index contributed by atoms with van der Waals surface area (Å²) in [6.45, 7) is 0.237. The van der Waals surface area contributed by atoms with E-state index < -0.39 is 11.8 Å². The molecule has 4 N–H and O–H groups in total. The summed E-state index contributed by atoms with van der Waals surface area (Å²) in [6.07, 6.45) is 0.188. The Hall–Kier alpha value is -2.31. The lowest BCUT2D eigenvalue weighted by molar-refractivity contribution is -0.120. The average molecular weight is 269 g/mol. The quantitative estimate of drug-likeness (QED) is 0.541. The first kappa shape index (κ1) is 14.7. The molecule has 6 nitrogen and oxygen atoms in total. The lowest BCUT2D eigenvalue weighted by Gasteiger charge is -2.10. The van der Waals surface area contributed by atoms with Gasteiger partial charge in [0.05, 0.1) is 18.4 Å². The number of nitrogens with two attached hydrogens (primary N) is 1. The molecule has 0 saturated heterocycles. The molecule has 0 aliphatic carbocycles. The number of nitrogens with one attached hydrogen (secondary N) is 2. The van der Waals surface area contributed by atoms with Crippen LogP contribution in [0.3, 0.4) is 0 Å². The zero-order valence-electron chi connectivity index (χ0n) is 10.7. The van der Waals surface area contributed by atoms with Crippen molar-refractivity contribution in [3.05, 3.63) is 23.5 Å². The third-order valence-electron chi connectivity index (χ3n) is 2.49. The monoisotopic (exact) mass is 269 g/mol. The summed E-state index contributed by atoms with van der Waals surface area (Å²) in [7, 11) is 2.73. The van der Waals surface area contributed by atoms with Crippen LogP contribution in [0.15, 0.2) is 12.1 Å². The van der Waals surface area contributed by atoms with E-state index in [1.54, 1.807) is 0 Å². The van der Waals surface area contributed by atoms with Crippen molar-refractivity contribution in [1.29, 1.82) is 0 Å². The second-order valence-corrected chi connectivity index (χ2v) is 3.76. The predicted molar refractivity (Wildman–Crippen MR) is 69.3 cm³/mol. The van der Waals surface area contributed by atoms with Gasteiger partial charge < -0.3 is 21.1 Å². The molecular formula is C12H16FN3O3. The maximum absolute atomic E-state index is 13.6. The van der Waals surface area contributed by atoms with Crippen LogP contribution in [0.25, 0.3) is 0 Å². The molecule has 0 aliphatic rings. The first-order valence-electron chi connectivity index (χ1n) is 5.61. The first-order chi connectivity index (χ1) is 8.99. The third-order valence-corrected chi connectivity index (χ3v) is 2.49. The smallest absolute Gasteiger partial charge is 0.340 e. The number of rotatable bonds is 5. The van der Waals surface area contributed by atoms with Gasteiger partial charge in [-0.05, 0) is 12.1 Å². The van der Waals surface area contributed by atoms with Crippen LogP contribution < -0.4 is 16.4 Å². The van der Waals surface area contributed by atoms with Crippen molar-refractivity contribution < 1.29 is 18.7 Å². The Morgan fingerprint density at radius 2 is 2.11 bits per heavy atom. The van der Waals surface area contributed by atoms with Crippen molar-refractivity contribution in [3.8, 4) is 0 Å². The van der Waals surface area contributed by atoms with Gasteiger partial charge in [-0.15, -0.1) is 0 Å². The maximum atomic E-state index is 13.6. The summed E-state index contributed by atoms with van der Waals surface area (Å²) in [4.78, 5) is 22.4. The number of halogens is 1. The molecule has 1 rings (SSSR count). The number of benzene rings is 1. The molecule has 0 heterocycles. The Morgan fingerprint density at radius 3 is 2.68 bits per heavy atom. The molecule has 1 aromatic carbocycles. The molecule has 104 valence electrons. The van der Waals surface area contributed by atoms with Crippen molar-refractivity contribution in [1.82, 2.24) is 5.32 Å². The van der Waals surface area contributed by atoms with Gasteiger partial charge in [0.1, 0.15) is 5.82 Å². The number of esters is 1. The minimum atomic E-state index is -0.646. The second kappa shape index (κ2) is 6.58. The molecule has 0 aliphatic heterocycles. The van der Waals surface area contributed by atoms with Gasteiger partial charge in [-0.2, -0.15) is 0 Å². The van der Waals surface area contributed by atoms with Crippen LogP contribution in [0, 0.1) is 5.82 Å². The highest BCUT2D eigenvalue weighted by Crippen LogP contribution is 2.22. The second-order valence-electron chi connectivity index (χ2n) is 3.76. The summed E-state index contributed by atoms with van der Waals surface area (Å²) in [5.41, 5.74) is 5.70. The number of hydrogen-bond acceptors (Lipinski definition) is 5. The third kappa shape index (κ3) is 3.84. The SMILES string of the molecule is CNC(=O)CCNc1cc(C(=O)OC)c(N)cc1F. The van der Waals surface area contributed by atoms with Crippen LogP contribution in [0.4, 0.5) is 15.8 Å². The topological polar surface area (TPSA) is 93.5 Å². The fourth-order valence-corrected chi connectivity index (χ4v) is 1.45. The molecule has 19 heavy (non-hydrogen) atoms. The van der Waals surface area contributed by atoms with Gasteiger partial charge in [-0.3, -0.25) is 4.79 Å². The lowest BCUT2D eigenvalue weighted by Crippen LogP contribution is -2.21. The summed E-state index contributed by atoms with van der Waals surface area (Å²) in [5.74, 6) is -1.41. The van der Waals surface area contributed by atoms with Crippen LogP contribution in [0.2, 0.25) is 0 Å². The molecule has 0 atom stereocenters. The van der Waals surface area contributed by atoms with Crippen molar-refractivity contribution in [2.24, 2.45) is 0 Å². The Balaban J connectivity index is 2.83. The van der Waals surface area contributed by atoms with E-state index in [1.165, 1.54) is 20.2 Å². The number of amides is 1. The summed E-state index contributed by atoms with van der Waals surface area (Å²) in [6, 6.07) is 2.30. The molecule has 1 aromatic rings. The van der Waals surface area contributed by atoms with Crippen LogP contribution in [-0.4, -0.2) is 32.6 Å². The first-order valence-corrected chi connectivity index (χ1v) is 5.61. The predicted octanol–water partition coefficient (Wildman–Crippen LogP) is 0.742. The Labute approximate surface area is 110 Å². The highest BCUT2D eigenvalue weighted by molar-refractivity contribution is 5.96. The zero-order valence-corrected chi connectivity index (χ0v) is 10.7. The molecule has 0 fully saturated rings. The molecule has 0 radical (unpaired) electrons. The van der Waals surface area contributed by atoms with Gasteiger partial charge in [-0.1, -0.05) is 0 Å². The molecule has 0 spiro atoms. The minimum Gasteiger partial charge on any atom is -0.465 e. The van der Waals surface area contributed by atoms with E-state index in [1.807, 2.05) is 0 Å². The number of carbonyl (C=O) groups excluding carboxylic acids is 2. The average Bonchev–Trinajstić information content (AvgIpc) is 2.40. The molecule has 0 bridgehead atoms. The fourth-order valence-electron chi connectivity index (χ4n) is 1.45. The van der Waals surface area contributed by atoms with Crippen molar-refractivity contribution in [3.63, 3.8) is 0 Å². The van der Waals surface area contributed by atoms with Crippen LogP contribution in [0.5, 0.6) is 0 Å². The maximum Gasteiger partial charge on any atom is 0.340 e. The number of nitrogen functional groups attached to an aromatic ring is 1. The normalized spacial score (nSPS) is 9.84. The number of carbonyl (C=O) groups is 2. The van der Waals surface area contributed by atoms with Gasteiger partial charge in [0.15, 0.2) is 0 Å². The number of methoxy groups -OCH3 is 1. The van der Waals surface area contributed by atoms with Crippen molar-refractivity contribution >= 4 is 23.3 Å². The molecule has 0 saturated carbocycles. The minimum absolute atomic E-state index is 0.00111. The van der Waals surface area contributed by atoms with E-state index in [4.69, 9.17) is 5.73 Å². The molecule has 7 heteroatoms. The number of anilines is 2. The van der Waals surface area contributed by atoms with Crippen molar-refractivity contribution in [2.75, 3.05) is 31.8 Å². The standard InChI is InChI=1S/C12H16FN3O3/c1-15-11(17)3-4-16-10-5-7(12(18)19-2)9(14)6-8(10)13/h5-6,16H,3-4,14H2,1-2H3,(H,15,17). The summed E-state index contributed by atoms with van der Waals surface area (Å²) in [5, 5.41) is 5.17. The summed E-state index contributed by atoms with van der Waals surface area (Å²) < 4.78 is 18.1. The summed E-state index contributed by atoms with van der Waals surface area (Å²) >= 11 is 0. The van der Waals surface area contributed by atoms with Gasteiger partial charge in [-0.25, -0.2) is 9.18 Å². The Bertz CT molecular complexity index is 491. The van der Waals surface area contributed by atoms with E-state index in [0.29, 0.717) is 0 Å². The van der Waals surface area contributed by atoms with E-state index in [9.17, 15) is 14.0 Å². The largest absolute Gasteiger partial charge is 0.465 e. The van der Waals surface area contributed by atoms with Gasteiger partial charge in [0, 0.05) is 25.7 Å². The molecule has 0 aromatic heterocycles. The van der Waals surface area contributed by atoms with Gasteiger partial charge >= 0.3 is 5.97 Å². The van der Waals surface area contributed by atoms with E-state index in [2.05, 4.69) is 15.4 Å². The zero-order chi connectivity index (χ0) is 14.4. The number of ether oxygens (including phenoxy) is 1. The van der Waals surface area contributed by atoms with E-state index in [0.717, 1.165) is 6.07 Å². The highest BCUT2D eigenvalue weighted by atomic mass is 19.1. The highest BCUT2D eigenvalue weighted by Gasteiger charge is 2.14. The Morgan fingerprint density at radius 1 is 1.42 bits per heavy atom. The molecule has 1 amide bonds. The molecule has 0 unspecified atom stereocenters. The lowest BCUT2D eigenvalue weighted by atomic mass is 10.1. The van der Waals surface area contributed by atoms with Crippen LogP contribution >= 0.6 is 0 Å². The van der Waals surface area contributed by atoms with E-state index in [-0.39, 0.29) is 35.8 Å². The van der Waals surface area contributed by atoms with Crippen LogP contribution in [0.1, 0.15) is 16.8 Å². The van der Waals surface area contributed by atoms with E-state index >= 15 is 0 Å².